The number of pyridine rings is 1. The van der Waals surface area contributed by atoms with E-state index in [4.69, 9.17) is 5.26 Å². The van der Waals surface area contributed by atoms with E-state index >= 15 is 0 Å². The minimum Gasteiger partial charge on any atom is -0.388 e. The SMILES string of the molecule is Cc1nc(OC(F)(F)F)cc(C#N)c1C. The molecule has 0 bridgehead atoms. The Morgan fingerprint density at radius 3 is 2.47 bits per heavy atom. The van der Waals surface area contributed by atoms with Crippen molar-refractivity contribution >= 4 is 0 Å². The second-order valence-corrected chi connectivity index (χ2v) is 2.88. The summed E-state index contributed by atoms with van der Waals surface area (Å²) in [7, 11) is 0. The highest BCUT2D eigenvalue weighted by molar-refractivity contribution is 5.41. The van der Waals surface area contributed by atoms with Crippen LogP contribution in [0.2, 0.25) is 0 Å². The largest absolute Gasteiger partial charge is 0.574 e. The van der Waals surface area contributed by atoms with E-state index in [0.29, 0.717) is 11.3 Å². The summed E-state index contributed by atoms with van der Waals surface area (Å²) in [5.41, 5.74) is 1.02. The first-order chi connectivity index (χ1) is 6.83. The Morgan fingerprint density at radius 1 is 1.40 bits per heavy atom. The van der Waals surface area contributed by atoms with Gasteiger partial charge in [-0.2, -0.15) is 5.26 Å². The Balaban J connectivity index is 3.13. The average molecular weight is 216 g/mol. The minimum absolute atomic E-state index is 0.127. The van der Waals surface area contributed by atoms with E-state index in [9.17, 15) is 13.2 Å². The van der Waals surface area contributed by atoms with Crippen LogP contribution in [-0.4, -0.2) is 11.3 Å². The van der Waals surface area contributed by atoms with Gasteiger partial charge in [-0.3, -0.25) is 0 Å². The molecule has 0 aliphatic carbocycles. The predicted octanol–water partition coefficient (Wildman–Crippen LogP) is 2.47. The average Bonchev–Trinajstić information content (AvgIpc) is 2.08. The van der Waals surface area contributed by atoms with E-state index in [-0.39, 0.29) is 5.56 Å². The van der Waals surface area contributed by atoms with Crippen LogP contribution in [0.3, 0.4) is 0 Å². The van der Waals surface area contributed by atoms with Crippen molar-refractivity contribution in [1.82, 2.24) is 4.98 Å². The Bertz CT molecular complexity index is 421. The van der Waals surface area contributed by atoms with Gasteiger partial charge in [0.25, 0.3) is 0 Å². The number of hydrogen-bond donors (Lipinski definition) is 0. The van der Waals surface area contributed by atoms with Crippen molar-refractivity contribution in [2.45, 2.75) is 20.2 Å². The highest BCUT2D eigenvalue weighted by Gasteiger charge is 2.32. The van der Waals surface area contributed by atoms with Crippen molar-refractivity contribution in [3.05, 3.63) is 22.9 Å². The molecule has 0 aromatic carbocycles. The number of nitrogens with zero attached hydrogens (tertiary/aromatic N) is 2. The number of ether oxygens (including phenoxy) is 1. The molecule has 1 aromatic heterocycles. The van der Waals surface area contributed by atoms with E-state index in [1.165, 1.54) is 6.92 Å². The fourth-order valence-electron chi connectivity index (χ4n) is 0.995. The Hall–Kier alpha value is -1.77. The molecule has 0 aliphatic heterocycles. The van der Waals surface area contributed by atoms with Gasteiger partial charge in [-0.05, 0) is 19.4 Å². The molecule has 0 saturated heterocycles. The highest BCUT2D eigenvalue weighted by Crippen LogP contribution is 2.23. The molecule has 0 spiro atoms. The summed E-state index contributed by atoms with van der Waals surface area (Å²) in [6.45, 7) is 3.12. The summed E-state index contributed by atoms with van der Waals surface area (Å²) >= 11 is 0. The van der Waals surface area contributed by atoms with Crippen LogP contribution in [0, 0.1) is 25.2 Å². The molecule has 0 aliphatic rings. The molecule has 6 heteroatoms. The third-order valence-electron chi connectivity index (χ3n) is 1.83. The molecule has 1 rings (SSSR count). The molecular formula is C9H7F3N2O. The monoisotopic (exact) mass is 216 g/mol. The van der Waals surface area contributed by atoms with Gasteiger partial charge in [0, 0.05) is 11.8 Å². The zero-order valence-electron chi connectivity index (χ0n) is 8.01. The van der Waals surface area contributed by atoms with Crippen molar-refractivity contribution < 1.29 is 17.9 Å². The molecular weight excluding hydrogens is 209 g/mol. The van der Waals surface area contributed by atoms with Crippen molar-refractivity contribution in [2.75, 3.05) is 0 Å². The summed E-state index contributed by atoms with van der Waals surface area (Å²) in [6.07, 6.45) is -4.79. The molecule has 0 N–H and O–H groups in total. The quantitative estimate of drug-likeness (QED) is 0.724. The lowest BCUT2D eigenvalue weighted by molar-refractivity contribution is -0.276. The van der Waals surface area contributed by atoms with Crippen LogP contribution in [0.5, 0.6) is 5.88 Å². The van der Waals surface area contributed by atoms with Gasteiger partial charge in [-0.1, -0.05) is 0 Å². The number of alkyl halides is 3. The summed E-state index contributed by atoms with van der Waals surface area (Å²) < 4.78 is 39.2. The maximum absolute atomic E-state index is 11.9. The van der Waals surface area contributed by atoms with E-state index < -0.39 is 12.2 Å². The molecule has 0 unspecified atom stereocenters. The lowest BCUT2D eigenvalue weighted by atomic mass is 10.1. The molecule has 15 heavy (non-hydrogen) atoms. The molecule has 3 nitrogen and oxygen atoms in total. The number of rotatable bonds is 1. The van der Waals surface area contributed by atoms with Crippen LogP contribution in [-0.2, 0) is 0 Å². The fourth-order valence-corrected chi connectivity index (χ4v) is 0.995. The third kappa shape index (κ3) is 2.84. The molecule has 80 valence electrons. The van der Waals surface area contributed by atoms with Gasteiger partial charge in [0.1, 0.15) is 0 Å². The number of hydrogen-bond acceptors (Lipinski definition) is 3. The van der Waals surface area contributed by atoms with Crippen LogP contribution < -0.4 is 4.74 Å². The molecule has 0 amide bonds. The normalized spacial score (nSPS) is 10.9. The Labute approximate surface area is 84.1 Å². The first-order valence-corrected chi connectivity index (χ1v) is 3.97. The predicted molar refractivity (Wildman–Crippen MR) is 45.1 cm³/mol. The first-order valence-electron chi connectivity index (χ1n) is 3.97. The number of nitriles is 1. The molecule has 1 aromatic rings. The Kier molecular flexibility index (Phi) is 2.84. The van der Waals surface area contributed by atoms with Gasteiger partial charge in [0.15, 0.2) is 0 Å². The van der Waals surface area contributed by atoms with Crippen LogP contribution in [0.15, 0.2) is 6.07 Å². The molecule has 0 fully saturated rings. The van der Waals surface area contributed by atoms with Gasteiger partial charge < -0.3 is 4.74 Å². The second kappa shape index (κ2) is 3.77. The zero-order valence-corrected chi connectivity index (χ0v) is 8.01. The summed E-state index contributed by atoms with van der Waals surface area (Å²) in [4.78, 5) is 3.57. The van der Waals surface area contributed by atoms with Crippen LogP contribution in [0.4, 0.5) is 13.2 Å². The van der Waals surface area contributed by atoms with Gasteiger partial charge in [0.2, 0.25) is 5.88 Å². The topological polar surface area (TPSA) is 45.9 Å². The number of halogens is 3. The minimum atomic E-state index is -4.79. The summed E-state index contributed by atoms with van der Waals surface area (Å²) in [5, 5.41) is 8.65. The summed E-state index contributed by atoms with van der Waals surface area (Å²) in [6, 6.07) is 2.74. The van der Waals surface area contributed by atoms with Crippen LogP contribution in [0.25, 0.3) is 0 Å². The summed E-state index contributed by atoms with van der Waals surface area (Å²) in [5.74, 6) is -0.609. The maximum Gasteiger partial charge on any atom is 0.574 e. The van der Waals surface area contributed by atoms with Gasteiger partial charge in [0.05, 0.1) is 11.6 Å². The van der Waals surface area contributed by atoms with Crippen LogP contribution >= 0.6 is 0 Å². The van der Waals surface area contributed by atoms with E-state index in [0.717, 1.165) is 6.07 Å². The highest BCUT2D eigenvalue weighted by atomic mass is 19.4. The van der Waals surface area contributed by atoms with Crippen molar-refractivity contribution in [3.63, 3.8) is 0 Å². The van der Waals surface area contributed by atoms with Crippen molar-refractivity contribution in [1.29, 1.82) is 5.26 Å². The number of aryl methyl sites for hydroxylation is 1. The lowest BCUT2D eigenvalue weighted by Crippen LogP contribution is -2.18. The second-order valence-electron chi connectivity index (χ2n) is 2.88. The van der Waals surface area contributed by atoms with Crippen molar-refractivity contribution in [3.8, 4) is 11.9 Å². The van der Waals surface area contributed by atoms with Gasteiger partial charge in [-0.15, -0.1) is 13.2 Å². The lowest BCUT2D eigenvalue weighted by Gasteiger charge is -2.10. The maximum atomic E-state index is 11.9. The van der Waals surface area contributed by atoms with E-state index in [2.05, 4.69) is 9.72 Å². The standard InChI is InChI=1S/C9H7F3N2O/c1-5-6(2)14-8(3-7(5)4-13)15-9(10,11)12/h3H,1-2H3. The van der Waals surface area contributed by atoms with E-state index in [1.54, 1.807) is 13.0 Å². The van der Waals surface area contributed by atoms with E-state index in [1.807, 2.05) is 0 Å². The van der Waals surface area contributed by atoms with Gasteiger partial charge in [-0.25, -0.2) is 4.98 Å². The first kappa shape index (κ1) is 11.3. The molecule has 1 heterocycles. The van der Waals surface area contributed by atoms with Crippen molar-refractivity contribution in [2.24, 2.45) is 0 Å². The zero-order chi connectivity index (χ0) is 11.6. The molecule has 0 radical (unpaired) electrons. The molecule has 0 saturated carbocycles. The number of aromatic nitrogens is 1. The fraction of sp³-hybridized carbons (Fsp3) is 0.333. The van der Waals surface area contributed by atoms with Crippen LogP contribution in [0.1, 0.15) is 16.8 Å². The smallest absolute Gasteiger partial charge is 0.388 e. The third-order valence-corrected chi connectivity index (χ3v) is 1.83. The molecule has 0 atom stereocenters. The van der Waals surface area contributed by atoms with Gasteiger partial charge >= 0.3 is 6.36 Å². The Morgan fingerprint density at radius 2 is 2.00 bits per heavy atom.